The monoisotopic (exact) mass is 342 g/mol. The summed E-state index contributed by atoms with van der Waals surface area (Å²) in [5, 5.41) is 32.0. The topological polar surface area (TPSA) is 127 Å². The van der Waals surface area contributed by atoms with Crippen LogP contribution >= 0.6 is 0 Å². The molecule has 5 N–H and O–H groups in total. The van der Waals surface area contributed by atoms with Gasteiger partial charge in [-0.1, -0.05) is 30.3 Å². The van der Waals surface area contributed by atoms with E-state index in [9.17, 15) is 15.3 Å². The van der Waals surface area contributed by atoms with Crippen LogP contribution in [0.3, 0.4) is 0 Å². The Morgan fingerprint density at radius 1 is 1.08 bits per heavy atom. The van der Waals surface area contributed by atoms with Gasteiger partial charge in [-0.25, -0.2) is 9.97 Å². The molecule has 0 amide bonds. The van der Waals surface area contributed by atoms with Crippen molar-refractivity contribution in [1.29, 1.82) is 0 Å². The number of aromatic nitrogens is 3. The lowest BCUT2D eigenvalue weighted by Crippen LogP contribution is -2.34. The quantitative estimate of drug-likeness (QED) is 0.541. The van der Waals surface area contributed by atoms with Crippen LogP contribution in [0, 0.1) is 0 Å². The molecule has 8 heteroatoms. The van der Waals surface area contributed by atoms with Crippen LogP contribution in [0.2, 0.25) is 0 Å². The van der Waals surface area contributed by atoms with Crippen LogP contribution in [-0.4, -0.2) is 48.2 Å². The molecule has 1 aliphatic rings. The smallest absolute Gasteiger partial charge is 0.164 e. The molecule has 25 heavy (non-hydrogen) atoms. The number of anilines is 1. The molecule has 5 atom stereocenters. The van der Waals surface area contributed by atoms with E-state index in [0.29, 0.717) is 22.4 Å². The van der Waals surface area contributed by atoms with E-state index in [0.717, 1.165) is 0 Å². The zero-order valence-electron chi connectivity index (χ0n) is 13.2. The summed E-state index contributed by atoms with van der Waals surface area (Å²) >= 11 is 0. The van der Waals surface area contributed by atoms with Gasteiger partial charge >= 0.3 is 0 Å². The minimum absolute atomic E-state index is 0.317. The summed E-state index contributed by atoms with van der Waals surface area (Å²) in [6.45, 7) is 0. The zero-order chi connectivity index (χ0) is 17.6. The van der Waals surface area contributed by atoms with Crippen molar-refractivity contribution in [2.24, 2.45) is 0 Å². The van der Waals surface area contributed by atoms with E-state index in [4.69, 9.17) is 10.5 Å². The summed E-state index contributed by atoms with van der Waals surface area (Å²) in [6, 6.07) is 10.6. The highest BCUT2D eigenvalue weighted by Gasteiger charge is 2.47. The van der Waals surface area contributed by atoms with Crippen molar-refractivity contribution in [2.45, 2.75) is 30.6 Å². The molecular weight excluding hydrogens is 324 g/mol. The highest BCUT2D eigenvalue weighted by molar-refractivity contribution is 5.86. The number of benzene rings is 1. The Morgan fingerprint density at radius 2 is 1.84 bits per heavy atom. The Kier molecular flexibility index (Phi) is 3.89. The number of rotatable bonds is 3. The normalized spacial score (nSPS) is 27.6. The molecule has 0 spiro atoms. The third-order valence-electron chi connectivity index (χ3n) is 4.54. The molecule has 130 valence electrons. The van der Waals surface area contributed by atoms with Gasteiger partial charge in [0.15, 0.2) is 6.23 Å². The van der Waals surface area contributed by atoms with Gasteiger partial charge in [0.25, 0.3) is 0 Å². The Balaban J connectivity index is 1.67. The van der Waals surface area contributed by atoms with Crippen LogP contribution in [0.25, 0.3) is 11.0 Å². The number of aliphatic hydroxyl groups excluding tert-OH is 3. The molecule has 8 nitrogen and oxygen atoms in total. The lowest BCUT2D eigenvalue weighted by Gasteiger charge is -2.21. The number of hydrogen-bond acceptors (Lipinski definition) is 7. The number of nitrogens with zero attached hydrogens (tertiary/aromatic N) is 3. The fourth-order valence-corrected chi connectivity index (χ4v) is 3.21. The molecule has 4 rings (SSSR count). The van der Waals surface area contributed by atoms with Gasteiger partial charge in [-0.05, 0) is 11.6 Å². The van der Waals surface area contributed by atoms with Gasteiger partial charge in [0.2, 0.25) is 0 Å². The van der Waals surface area contributed by atoms with Crippen molar-refractivity contribution < 1.29 is 20.1 Å². The van der Waals surface area contributed by atoms with E-state index < -0.39 is 30.6 Å². The van der Waals surface area contributed by atoms with E-state index in [1.807, 2.05) is 6.07 Å². The first-order valence-electron chi connectivity index (χ1n) is 7.89. The van der Waals surface area contributed by atoms with Crippen LogP contribution in [0.15, 0.2) is 48.9 Å². The van der Waals surface area contributed by atoms with Gasteiger partial charge in [-0.3, -0.25) is 0 Å². The van der Waals surface area contributed by atoms with E-state index in [-0.39, 0.29) is 0 Å². The highest BCUT2D eigenvalue weighted by Crippen LogP contribution is 2.37. The minimum atomic E-state index is -1.25. The van der Waals surface area contributed by atoms with Crippen LogP contribution in [0.5, 0.6) is 0 Å². The van der Waals surface area contributed by atoms with Gasteiger partial charge in [0.05, 0.1) is 5.39 Å². The van der Waals surface area contributed by atoms with Crippen molar-refractivity contribution in [3.05, 3.63) is 54.5 Å². The van der Waals surface area contributed by atoms with E-state index in [2.05, 4.69) is 9.97 Å². The van der Waals surface area contributed by atoms with Crippen molar-refractivity contribution in [3.63, 3.8) is 0 Å². The molecule has 2 aromatic heterocycles. The van der Waals surface area contributed by atoms with E-state index in [1.54, 1.807) is 41.1 Å². The van der Waals surface area contributed by atoms with Crippen LogP contribution in [-0.2, 0) is 4.74 Å². The van der Waals surface area contributed by atoms with Crippen LogP contribution < -0.4 is 5.73 Å². The summed E-state index contributed by atoms with van der Waals surface area (Å²) in [7, 11) is 0. The maximum Gasteiger partial charge on any atom is 0.164 e. The Labute approximate surface area is 143 Å². The van der Waals surface area contributed by atoms with Gasteiger partial charge in [-0.15, -0.1) is 0 Å². The summed E-state index contributed by atoms with van der Waals surface area (Å²) in [4.78, 5) is 8.10. The fourth-order valence-electron chi connectivity index (χ4n) is 3.21. The molecular formula is C17H18N4O4. The second kappa shape index (κ2) is 6.08. The van der Waals surface area contributed by atoms with Crippen LogP contribution in [0.1, 0.15) is 17.9 Å². The van der Waals surface area contributed by atoms with Gasteiger partial charge in [-0.2, -0.15) is 0 Å². The number of ether oxygens (including phenoxy) is 1. The third kappa shape index (κ3) is 2.56. The summed E-state index contributed by atoms with van der Waals surface area (Å²) in [6.07, 6.45) is -2.44. The first-order chi connectivity index (χ1) is 12.1. The number of nitrogen functional groups attached to an aromatic ring is 1. The number of aliphatic hydroxyl groups is 3. The largest absolute Gasteiger partial charge is 0.387 e. The average Bonchev–Trinajstić information content (AvgIpc) is 3.18. The zero-order valence-corrected chi connectivity index (χ0v) is 13.2. The molecule has 3 heterocycles. The molecule has 1 saturated heterocycles. The summed E-state index contributed by atoms with van der Waals surface area (Å²) < 4.78 is 7.39. The maximum atomic E-state index is 10.5. The van der Waals surface area contributed by atoms with Crippen molar-refractivity contribution >= 4 is 16.9 Å². The van der Waals surface area contributed by atoms with E-state index in [1.165, 1.54) is 6.33 Å². The lowest BCUT2D eigenvalue weighted by molar-refractivity contribution is -0.0848. The second-order valence-electron chi connectivity index (χ2n) is 6.05. The Bertz CT molecular complexity index is 885. The molecule has 1 aromatic carbocycles. The maximum absolute atomic E-state index is 10.5. The predicted molar refractivity (Wildman–Crippen MR) is 89.3 cm³/mol. The van der Waals surface area contributed by atoms with Crippen molar-refractivity contribution in [3.8, 4) is 0 Å². The molecule has 0 bridgehead atoms. The number of fused-ring (bicyclic) bond motifs is 1. The average molecular weight is 342 g/mol. The lowest BCUT2D eigenvalue weighted by atomic mass is 9.99. The molecule has 0 radical (unpaired) electrons. The highest BCUT2D eigenvalue weighted by atomic mass is 16.6. The second-order valence-corrected chi connectivity index (χ2v) is 6.05. The number of nitrogens with two attached hydrogens (primary N) is 1. The van der Waals surface area contributed by atoms with Gasteiger partial charge in [0.1, 0.15) is 42.2 Å². The van der Waals surface area contributed by atoms with Gasteiger partial charge in [0, 0.05) is 6.20 Å². The first-order valence-corrected chi connectivity index (χ1v) is 7.89. The van der Waals surface area contributed by atoms with Gasteiger partial charge < -0.3 is 30.4 Å². The van der Waals surface area contributed by atoms with Crippen molar-refractivity contribution in [1.82, 2.24) is 14.5 Å². The molecule has 1 aliphatic heterocycles. The molecule has 3 aromatic rings. The standard InChI is InChI=1S/C17H18N4O4/c18-15-10-6-7-21(16(10)20-8-19-15)17-13(24)12(23)14(25-17)11(22)9-4-2-1-3-5-9/h1-8,11-14,17,22-24H,(H2,18,19,20)/t11-,12-,13+,14?,17?/m0/s1. The Morgan fingerprint density at radius 3 is 2.60 bits per heavy atom. The molecule has 0 aliphatic carbocycles. The van der Waals surface area contributed by atoms with E-state index >= 15 is 0 Å². The van der Waals surface area contributed by atoms with Crippen molar-refractivity contribution in [2.75, 3.05) is 5.73 Å². The minimum Gasteiger partial charge on any atom is -0.387 e. The molecule has 2 unspecified atom stereocenters. The number of hydrogen-bond donors (Lipinski definition) is 4. The molecule has 0 saturated carbocycles. The Hall–Kier alpha value is -2.52. The third-order valence-corrected chi connectivity index (χ3v) is 4.54. The summed E-state index contributed by atoms with van der Waals surface area (Å²) in [5.41, 5.74) is 6.91. The molecule has 1 fully saturated rings. The fraction of sp³-hybridized carbons (Fsp3) is 0.294. The summed E-state index contributed by atoms with van der Waals surface area (Å²) in [5.74, 6) is 0.317. The SMILES string of the molecule is Nc1ncnc2c1ccn2C1OC([C@@H](O)c2ccccc2)[C@@H](O)[C@H]1O. The first kappa shape index (κ1) is 16.0. The predicted octanol–water partition coefficient (Wildman–Crippen LogP) is 0.366. The van der Waals surface area contributed by atoms with Crippen LogP contribution in [0.4, 0.5) is 5.82 Å².